The van der Waals surface area contributed by atoms with E-state index in [1.807, 2.05) is 63.2 Å². The van der Waals surface area contributed by atoms with Crippen molar-refractivity contribution in [1.29, 1.82) is 0 Å². The highest BCUT2D eigenvalue weighted by molar-refractivity contribution is 6.04. The standard InChI is InChI=1S/C21H24N2O3/c1-4-26-19-8-6-5-7-17(19)22-21(25)16-12-20(24)23(13-16)18-11-14(2)9-10-15(18)3/h5-11,16H,4,12-13H2,1-3H3,(H,22,25)/t16-/m0/s1. The van der Waals surface area contributed by atoms with Crippen LogP contribution in [0.15, 0.2) is 42.5 Å². The molecule has 136 valence electrons. The van der Waals surface area contributed by atoms with Crippen LogP contribution in [0.5, 0.6) is 5.75 Å². The lowest BCUT2D eigenvalue weighted by Gasteiger charge is -2.20. The van der Waals surface area contributed by atoms with Gasteiger partial charge in [0.2, 0.25) is 11.8 Å². The van der Waals surface area contributed by atoms with Gasteiger partial charge in [-0.15, -0.1) is 0 Å². The lowest BCUT2D eigenvalue weighted by Crippen LogP contribution is -2.28. The number of hydrogen-bond acceptors (Lipinski definition) is 3. The maximum Gasteiger partial charge on any atom is 0.229 e. The SMILES string of the molecule is CCOc1ccccc1NC(=O)[C@H]1CC(=O)N(c2cc(C)ccc2C)C1. The molecule has 2 aromatic rings. The fourth-order valence-electron chi connectivity index (χ4n) is 3.21. The van der Waals surface area contributed by atoms with E-state index >= 15 is 0 Å². The van der Waals surface area contributed by atoms with E-state index in [2.05, 4.69) is 5.32 Å². The van der Waals surface area contributed by atoms with E-state index < -0.39 is 0 Å². The van der Waals surface area contributed by atoms with E-state index in [1.54, 1.807) is 4.90 Å². The van der Waals surface area contributed by atoms with E-state index in [0.29, 0.717) is 24.6 Å². The van der Waals surface area contributed by atoms with Crippen molar-refractivity contribution in [2.45, 2.75) is 27.2 Å². The zero-order chi connectivity index (χ0) is 18.7. The first kappa shape index (κ1) is 18.0. The van der Waals surface area contributed by atoms with E-state index in [9.17, 15) is 9.59 Å². The van der Waals surface area contributed by atoms with Gasteiger partial charge in [-0.3, -0.25) is 9.59 Å². The lowest BCUT2D eigenvalue weighted by molar-refractivity contribution is -0.122. The number of carbonyl (C=O) groups excluding carboxylic acids is 2. The second kappa shape index (κ2) is 7.60. The number of anilines is 2. The number of para-hydroxylation sites is 2. The van der Waals surface area contributed by atoms with Crippen molar-refractivity contribution in [2.75, 3.05) is 23.4 Å². The highest BCUT2D eigenvalue weighted by Gasteiger charge is 2.36. The van der Waals surface area contributed by atoms with Gasteiger partial charge in [0.1, 0.15) is 5.75 Å². The third kappa shape index (κ3) is 3.72. The minimum atomic E-state index is -0.378. The number of carbonyl (C=O) groups is 2. The van der Waals surface area contributed by atoms with Crippen molar-refractivity contribution in [3.63, 3.8) is 0 Å². The molecule has 1 saturated heterocycles. The van der Waals surface area contributed by atoms with Crippen LogP contribution in [-0.4, -0.2) is 25.0 Å². The second-order valence-electron chi connectivity index (χ2n) is 6.61. The van der Waals surface area contributed by atoms with Gasteiger partial charge in [-0.1, -0.05) is 24.3 Å². The Kier molecular flexibility index (Phi) is 5.26. The molecule has 2 amide bonds. The van der Waals surface area contributed by atoms with Crippen LogP contribution in [-0.2, 0) is 9.59 Å². The van der Waals surface area contributed by atoms with Gasteiger partial charge in [0.25, 0.3) is 0 Å². The topological polar surface area (TPSA) is 58.6 Å². The van der Waals surface area contributed by atoms with E-state index in [1.165, 1.54) is 0 Å². The number of rotatable bonds is 5. The number of benzene rings is 2. The van der Waals surface area contributed by atoms with Gasteiger partial charge >= 0.3 is 0 Å². The highest BCUT2D eigenvalue weighted by atomic mass is 16.5. The minimum Gasteiger partial charge on any atom is -0.492 e. The maximum absolute atomic E-state index is 12.7. The van der Waals surface area contributed by atoms with Crippen LogP contribution < -0.4 is 15.0 Å². The van der Waals surface area contributed by atoms with Crippen LogP contribution in [0.1, 0.15) is 24.5 Å². The summed E-state index contributed by atoms with van der Waals surface area (Å²) in [5.74, 6) is 0.0893. The fraction of sp³-hybridized carbons (Fsp3) is 0.333. The van der Waals surface area contributed by atoms with Crippen molar-refractivity contribution in [3.05, 3.63) is 53.6 Å². The van der Waals surface area contributed by atoms with Crippen LogP contribution in [0.2, 0.25) is 0 Å². The molecule has 0 saturated carbocycles. The number of amides is 2. The average Bonchev–Trinajstić information content (AvgIpc) is 3.01. The van der Waals surface area contributed by atoms with Crippen molar-refractivity contribution in [2.24, 2.45) is 5.92 Å². The Bertz CT molecular complexity index is 832. The Hall–Kier alpha value is -2.82. The predicted octanol–water partition coefficient (Wildman–Crippen LogP) is 3.69. The van der Waals surface area contributed by atoms with Crippen molar-refractivity contribution >= 4 is 23.2 Å². The first-order valence-corrected chi connectivity index (χ1v) is 8.90. The summed E-state index contributed by atoms with van der Waals surface area (Å²) in [5, 5.41) is 2.91. The molecule has 3 rings (SSSR count). The van der Waals surface area contributed by atoms with Gasteiger partial charge in [0, 0.05) is 18.7 Å². The monoisotopic (exact) mass is 352 g/mol. The maximum atomic E-state index is 12.7. The summed E-state index contributed by atoms with van der Waals surface area (Å²) in [5.41, 5.74) is 3.65. The molecule has 1 N–H and O–H groups in total. The van der Waals surface area contributed by atoms with Crippen molar-refractivity contribution in [3.8, 4) is 5.75 Å². The lowest BCUT2D eigenvalue weighted by atomic mass is 10.1. The summed E-state index contributed by atoms with van der Waals surface area (Å²) in [6.07, 6.45) is 0.218. The smallest absolute Gasteiger partial charge is 0.229 e. The Balaban J connectivity index is 1.74. The fourth-order valence-corrected chi connectivity index (χ4v) is 3.21. The largest absolute Gasteiger partial charge is 0.492 e. The zero-order valence-electron chi connectivity index (χ0n) is 15.4. The first-order valence-electron chi connectivity index (χ1n) is 8.90. The predicted molar refractivity (Wildman–Crippen MR) is 103 cm³/mol. The quantitative estimate of drug-likeness (QED) is 0.893. The molecule has 0 aliphatic carbocycles. The number of hydrogen-bond donors (Lipinski definition) is 1. The van der Waals surface area contributed by atoms with Gasteiger partial charge in [-0.2, -0.15) is 0 Å². The summed E-state index contributed by atoms with van der Waals surface area (Å²) >= 11 is 0. The minimum absolute atomic E-state index is 0.0167. The number of ether oxygens (including phenoxy) is 1. The average molecular weight is 352 g/mol. The molecule has 1 aliphatic rings. The van der Waals surface area contributed by atoms with Crippen LogP contribution in [0.4, 0.5) is 11.4 Å². The molecule has 1 atom stereocenters. The summed E-state index contributed by atoms with van der Waals surface area (Å²) in [6, 6.07) is 13.4. The Morgan fingerprint density at radius 1 is 1.23 bits per heavy atom. The molecular formula is C21H24N2O3. The van der Waals surface area contributed by atoms with Gasteiger partial charge < -0.3 is 15.0 Å². The van der Waals surface area contributed by atoms with Gasteiger partial charge in [-0.25, -0.2) is 0 Å². The molecule has 0 unspecified atom stereocenters. The van der Waals surface area contributed by atoms with Crippen LogP contribution >= 0.6 is 0 Å². The Morgan fingerprint density at radius 3 is 2.77 bits per heavy atom. The van der Waals surface area contributed by atoms with Gasteiger partial charge in [0.05, 0.1) is 18.2 Å². The van der Waals surface area contributed by atoms with E-state index in [-0.39, 0.29) is 24.2 Å². The number of aryl methyl sites for hydroxylation is 2. The highest BCUT2D eigenvalue weighted by Crippen LogP contribution is 2.30. The van der Waals surface area contributed by atoms with Crippen molar-refractivity contribution in [1.82, 2.24) is 0 Å². The Morgan fingerprint density at radius 2 is 2.00 bits per heavy atom. The van der Waals surface area contributed by atoms with Crippen molar-refractivity contribution < 1.29 is 14.3 Å². The Labute approximate surface area is 154 Å². The molecule has 0 bridgehead atoms. The second-order valence-corrected chi connectivity index (χ2v) is 6.61. The molecule has 0 spiro atoms. The molecule has 1 heterocycles. The molecule has 0 aromatic heterocycles. The molecule has 2 aromatic carbocycles. The molecule has 1 aliphatic heterocycles. The number of nitrogens with zero attached hydrogens (tertiary/aromatic N) is 1. The zero-order valence-corrected chi connectivity index (χ0v) is 15.4. The molecule has 26 heavy (non-hydrogen) atoms. The van der Waals surface area contributed by atoms with Gasteiger partial charge in [-0.05, 0) is 50.1 Å². The third-order valence-electron chi connectivity index (χ3n) is 4.60. The number of nitrogens with one attached hydrogen (secondary N) is 1. The molecule has 1 fully saturated rings. The van der Waals surface area contributed by atoms with Gasteiger partial charge in [0.15, 0.2) is 0 Å². The molecule has 5 heteroatoms. The van der Waals surface area contributed by atoms with Crippen LogP contribution in [0.3, 0.4) is 0 Å². The first-order chi connectivity index (χ1) is 12.5. The summed E-state index contributed by atoms with van der Waals surface area (Å²) in [4.78, 5) is 26.9. The summed E-state index contributed by atoms with van der Waals surface area (Å²) in [7, 11) is 0. The molecular weight excluding hydrogens is 328 g/mol. The van der Waals surface area contributed by atoms with Crippen LogP contribution in [0, 0.1) is 19.8 Å². The summed E-state index contributed by atoms with van der Waals surface area (Å²) in [6.45, 7) is 6.80. The molecule has 0 radical (unpaired) electrons. The molecule has 5 nitrogen and oxygen atoms in total. The normalized spacial score (nSPS) is 16.7. The third-order valence-corrected chi connectivity index (χ3v) is 4.60. The summed E-state index contributed by atoms with van der Waals surface area (Å²) < 4.78 is 5.55. The van der Waals surface area contributed by atoms with Crippen LogP contribution in [0.25, 0.3) is 0 Å². The van der Waals surface area contributed by atoms with E-state index in [0.717, 1.165) is 16.8 Å². The van der Waals surface area contributed by atoms with E-state index in [4.69, 9.17) is 4.74 Å².